The van der Waals surface area contributed by atoms with Crippen LogP contribution in [-0.4, -0.2) is 14.5 Å². The lowest BCUT2D eigenvalue weighted by molar-refractivity contribution is 0.661. The molecule has 0 N–H and O–H groups in total. The number of pyridine rings is 2. The van der Waals surface area contributed by atoms with Crippen LogP contribution in [0.4, 0.5) is 0 Å². The summed E-state index contributed by atoms with van der Waals surface area (Å²) in [5.41, 5.74) is 6.62. The van der Waals surface area contributed by atoms with Gasteiger partial charge in [0.1, 0.15) is 0 Å². The molecule has 0 saturated carbocycles. The van der Waals surface area contributed by atoms with Gasteiger partial charge in [-0.15, -0.1) is 0 Å². The highest BCUT2D eigenvalue weighted by molar-refractivity contribution is 5.99. The molecule has 3 heteroatoms. The third-order valence-electron chi connectivity index (χ3n) is 4.76. The van der Waals surface area contributed by atoms with Gasteiger partial charge in [-0.05, 0) is 17.7 Å². The van der Waals surface area contributed by atoms with Crippen molar-refractivity contribution < 1.29 is 0 Å². The largest absolute Gasteiger partial charge is 0.308 e. The lowest BCUT2D eigenvalue weighted by Gasteiger charge is -2.36. The molecule has 1 aliphatic heterocycles. The van der Waals surface area contributed by atoms with Crippen LogP contribution >= 0.6 is 0 Å². The molecule has 0 amide bonds. The molecule has 3 aromatic heterocycles. The van der Waals surface area contributed by atoms with Crippen molar-refractivity contribution in [3.05, 3.63) is 66.9 Å². The van der Waals surface area contributed by atoms with Crippen molar-refractivity contribution in [3.8, 4) is 5.69 Å². The van der Waals surface area contributed by atoms with Crippen LogP contribution in [0.5, 0.6) is 0 Å². The van der Waals surface area contributed by atoms with E-state index in [1.165, 1.54) is 5.56 Å². The van der Waals surface area contributed by atoms with E-state index in [0.29, 0.717) is 0 Å². The third-order valence-corrected chi connectivity index (χ3v) is 4.76. The smallest absolute Gasteiger partial charge is 0.0576 e. The van der Waals surface area contributed by atoms with Gasteiger partial charge < -0.3 is 4.57 Å². The summed E-state index contributed by atoms with van der Waals surface area (Å²) < 4.78 is 2.26. The van der Waals surface area contributed by atoms with Crippen LogP contribution in [0.3, 0.4) is 0 Å². The Hall–Kier alpha value is -2.68. The van der Waals surface area contributed by atoms with Gasteiger partial charge in [0.05, 0.1) is 16.9 Å². The standard InChI is InChI=1S/C19H17N3/c1-5-13-14-10-20-8-6-16(14)22-17-7-9-21-11-15(17)19(3,4)12(2)18(13)22/h5-11H,1-2H2,3-4H3. The average molecular weight is 287 g/mol. The topological polar surface area (TPSA) is 30.7 Å². The predicted molar refractivity (Wildman–Crippen MR) is 91.0 cm³/mol. The van der Waals surface area contributed by atoms with Crippen LogP contribution in [0, 0.1) is 0 Å². The number of allylic oxidation sites excluding steroid dienone is 1. The van der Waals surface area contributed by atoms with Gasteiger partial charge in [0.25, 0.3) is 0 Å². The molecule has 22 heavy (non-hydrogen) atoms. The number of aromatic nitrogens is 3. The molecule has 0 radical (unpaired) electrons. The van der Waals surface area contributed by atoms with E-state index < -0.39 is 0 Å². The molecular weight excluding hydrogens is 270 g/mol. The van der Waals surface area contributed by atoms with Gasteiger partial charge in [0.2, 0.25) is 0 Å². The summed E-state index contributed by atoms with van der Waals surface area (Å²) in [7, 11) is 0. The Kier molecular flexibility index (Phi) is 2.46. The molecule has 0 saturated heterocycles. The quantitative estimate of drug-likeness (QED) is 0.665. The zero-order chi connectivity index (χ0) is 15.5. The van der Waals surface area contributed by atoms with Crippen molar-refractivity contribution in [2.75, 3.05) is 0 Å². The second-order valence-corrected chi connectivity index (χ2v) is 6.19. The third kappa shape index (κ3) is 1.40. The average Bonchev–Trinajstić information content (AvgIpc) is 2.87. The van der Waals surface area contributed by atoms with Crippen LogP contribution in [0.2, 0.25) is 0 Å². The summed E-state index contributed by atoms with van der Waals surface area (Å²) in [6, 6.07) is 4.11. The molecule has 0 aromatic carbocycles. The molecule has 108 valence electrons. The van der Waals surface area contributed by atoms with E-state index in [1.54, 1.807) is 0 Å². The van der Waals surface area contributed by atoms with E-state index in [9.17, 15) is 0 Å². The van der Waals surface area contributed by atoms with Gasteiger partial charge in [-0.25, -0.2) is 0 Å². The van der Waals surface area contributed by atoms with Crippen LogP contribution < -0.4 is 0 Å². The Morgan fingerprint density at radius 1 is 1.14 bits per heavy atom. The number of hydrogen-bond acceptors (Lipinski definition) is 2. The van der Waals surface area contributed by atoms with E-state index in [0.717, 1.165) is 33.4 Å². The molecule has 1 aliphatic rings. The molecule has 3 aromatic rings. The maximum Gasteiger partial charge on any atom is 0.0576 e. The molecule has 4 rings (SSSR count). The number of hydrogen-bond donors (Lipinski definition) is 0. The Balaban J connectivity index is 2.27. The zero-order valence-corrected chi connectivity index (χ0v) is 12.8. The van der Waals surface area contributed by atoms with Gasteiger partial charge in [-0.2, -0.15) is 0 Å². The molecule has 0 aliphatic carbocycles. The SMILES string of the molecule is C=Cc1c2n(c3ccncc13)-c1ccncc1C(C)(C)C2=C. The number of fused-ring (bicyclic) bond motifs is 5. The van der Waals surface area contributed by atoms with E-state index in [4.69, 9.17) is 0 Å². The van der Waals surface area contributed by atoms with E-state index in [2.05, 4.69) is 47.6 Å². The van der Waals surface area contributed by atoms with Crippen LogP contribution in [0.25, 0.3) is 28.2 Å². The predicted octanol–water partition coefficient (Wildman–Crippen LogP) is 4.37. The molecule has 0 fully saturated rings. The molecule has 0 spiro atoms. The maximum atomic E-state index is 4.39. The summed E-state index contributed by atoms with van der Waals surface area (Å²) in [4.78, 5) is 8.60. The van der Waals surface area contributed by atoms with E-state index >= 15 is 0 Å². The minimum Gasteiger partial charge on any atom is -0.308 e. The summed E-state index contributed by atoms with van der Waals surface area (Å²) in [5, 5.41) is 1.11. The molecule has 0 atom stereocenters. The highest BCUT2D eigenvalue weighted by atomic mass is 15.0. The van der Waals surface area contributed by atoms with E-state index in [1.807, 2.05) is 36.9 Å². The first-order valence-electron chi connectivity index (χ1n) is 7.33. The summed E-state index contributed by atoms with van der Waals surface area (Å²) >= 11 is 0. The van der Waals surface area contributed by atoms with Crippen LogP contribution in [0.1, 0.15) is 30.7 Å². The Bertz CT molecular complexity index is 944. The minimum atomic E-state index is -0.168. The molecule has 0 unspecified atom stereocenters. The lowest BCUT2D eigenvalue weighted by atomic mass is 9.74. The van der Waals surface area contributed by atoms with Gasteiger partial charge in [-0.1, -0.05) is 33.1 Å². The van der Waals surface area contributed by atoms with Crippen molar-refractivity contribution >= 4 is 22.6 Å². The van der Waals surface area contributed by atoms with Crippen molar-refractivity contribution in [1.82, 2.24) is 14.5 Å². The second kappa shape index (κ2) is 4.17. The van der Waals surface area contributed by atoms with Gasteiger partial charge in [-0.3, -0.25) is 9.97 Å². The van der Waals surface area contributed by atoms with Gasteiger partial charge in [0.15, 0.2) is 0 Å². The molecule has 3 nitrogen and oxygen atoms in total. The molecular formula is C19H17N3. The van der Waals surface area contributed by atoms with Crippen LogP contribution in [0.15, 0.2) is 50.1 Å². The maximum absolute atomic E-state index is 4.39. The van der Waals surface area contributed by atoms with E-state index in [-0.39, 0.29) is 5.41 Å². The first-order valence-corrected chi connectivity index (χ1v) is 7.33. The molecule has 4 heterocycles. The highest BCUT2D eigenvalue weighted by Crippen LogP contribution is 2.48. The van der Waals surface area contributed by atoms with Crippen molar-refractivity contribution in [2.45, 2.75) is 19.3 Å². The van der Waals surface area contributed by atoms with Crippen molar-refractivity contribution in [2.24, 2.45) is 0 Å². The summed E-state index contributed by atoms with van der Waals surface area (Å²) in [5.74, 6) is 0. The Morgan fingerprint density at radius 2 is 1.86 bits per heavy atom. The normalized spacial score (nSPS) is 15.5. The van der Waals surface area contributed by atoms with Crippen molar-refractivity contribution in [3.63, 3.8) is 0 Å². The fraction of sp³-hybridized carbons (Fsp3) is 0.158. The van der Waals surface area contributed by atoms with Gasteiger partial charge >= 0.3 is 0 Å². The fourth-order valence-corrected chi connectivity index (χ4v) is 3.43. The zero-order valence-electron chi connectivity index (χ0n) is 12.8. The first-order chi connectivity index (χ1) is 10.6. The van der Waals surface area contributed by atoms with Crippen LogP contribution in [-0.2, 0) is 5.41 Å². The Morgan fingerprint density at radius 3 is 2.64 bits per heavy atom. The lowest BCUT2D eigenvalue weighted by Crippen LogP contribution is -2.27. The molecule has 0 bridgehead atoms. The summed E-state index contributed by atoms with van der Waals surface area (Å²) in [6.07, 6.45) is 9.42. The van der Waals surface area contributed by atoms with Crippen molar-refractivity contribution in [1.29, 1.82) is 0 Å². The number of rotatable bonds is 1. The Labute approximate surface area is 129 Å². The van der Waals surface area contributed by atoms with Gasteiger partial charge in [0, 0.05) is 46.7 Å². The fourth-order valence-electron chi connectivity index (χ4n) is 3.43. The monoisotopic (exact) mass is 287 g/mol. The summed E-state index contributed by atoms with van der Waals surface area (Å²) in [6.45, 7) is 12.8. The second-order valence-electron chi connectivity index (χ2n) is 6.19. The highest BCUT2D eigenvalue weighted by Gasteiger charge is 2.37. The first kappa shape index (κ1) is 13.0. The number of nitrogens with zero attached hydrogens (tertiary/aromatic N) is 3. The minimum absolute atomic E-state index is 0.168.